The standard InChI is InChI=1S/C16H15ClN4O4S/c1-16(2)9-26(24,25)21(14(16)23)10-4-5-12(17)11(8-10)13(22)20-15-18-6-3-7-19-15/h3-8H,9H2,1-2H3,(H,18,19,20,22). The number of amides is 2. The lowest BCUT2D eigenvalue weighted by molar-refractivity contribution is -0.123. The van der Waals surface area contributed by atoms with Crippen molar-refractivity contribution in [1.29, 1.82) is 0 Å². The molecule has 0 saturated carbocycles. The van der Waals surface area contributed by atoms with E-state index in [2.05, 4.69) is 15.3 Å². The number of nitrogens with one attached hydrogen (secondary N) is 1. The Morgan fingerprint density at radius 1 is 1.27 bits per heavy atom. The third-order valence-electron chi connectivity index (χ3n) is 3.81. The SMILES string of the molecule is CC1(C)CS(=O)(=O)N(c2ccc(Cl)c(C(=O)Nc3ncccn3)c2)C1=O. The van der Waals surface area contributed by atoms with Gasteiger partial charge in [-0.1, -0.05) is 11.6 Å². The molecule has 1 aromatic heterocycles. The van der Waals surface area contributed by atoms with Gasteiger partial charge < -0.3 is 0 Å². The number of sulfonamides is 1. The number of nitrogens with zero attached hydrogens (tertiary/aromatic N) is 3. The second-order valence-corrected chi connectivity index (χ2v) is 8.63. The summed E-state index contributed by atoms with van der Waals surface area (Å²) in [5.74, 6) is -1.41. The van der Waals surface area contributed by atoms with E-state index in [4.69, 9.17) is 11.6 Å². The summed E-state index contributed by atoms with van der Waals surface area (Å²) in [6.45, 7) is 3.12. The number of hydrogen-bond acceptors (Lipinski definition) is 6. The first-order valence-electron chi connectivity index (χ1n) is 7.57. The predicted octanol–water partition coefficient (Wildman–Crippen LogP) is 2.08. The predicted molar refractivity (Wildman–Crippen MR) is 96.5 cm³/mol. The Morgan fingerprint density at radius 3 is 2.50 bits per heavy atom. The minimum absolute atomic E-state index is 0.00401. The molecule has 1 aromatic carbocycles. The van der Waals surface area contributed by atoms with Crippen LogP contribution in [0.2, 0.25) is 5.02 Å². The highest BCUT2D eigenvalue weighted by Crippen LogP contribution is 2.36. The number of halogens is 1. The van der Waals surface area contributed by atoms with Gasteiger partial charge in [0, 0.05) is 12.4 Å². The number of benzene rings is 1. The fraction of sp³-hybridized carbons (Fsp3) is 0.250. The van der Waals surface area contributed by atoms with Crippen molar-refractivity contribution in [2.45, 2.75) is 13.8 Å². The van der Waals surface area contributed by atoms with E-state index in [-0.39, 0.29) is 28.0 Å². The van der Waals surface area contributed by atoms with Crippen LogP contribution >= 0.6 is 11.6 Å². The van der Waals surface area contributed by atoms with Gasteiger partial charge in [0.25, 0.3) is 5.91 Å². The van der Waals surface area contributed by atoms with Crippen molar-refractivity contribution in [3.8, 4) is 0 Å². The quantitative estimate of drug-likeness (QED) is 0.853. The van der Waals surface area contributed by atoms with Gasteiger partial charge in [-0.2, -0.15) is 0 Å². The molecule has 1 N–H and O–H groups in total. The van der Waals surface area contributed by atoms with Crippen LogP contribution in [-0.4, -0.2) is 36.0 Å². The molecule has 136 valence electrons. The van der Waals surface area contributed by atoms with Crippen LogP contribution in [0.1, 0.15) is 24.2 Å². The highest BCUT2D eigenvalue weighted by atomic mass is 35.5. The molecule has 0 aliphatic carbocycles. The monoisotopic (exact) mass is 394 g/mol. The molecule has 0 atom stereocenters. The number of aromatic nitrogens is 2. The molecule has 1 aliphatic rings. The van der Waals surface area contributed by atoms with Crippen molar-refractivity contribution in [3.63, 3.8) is 0 Å². The van der Waals surface area contributed by atoms with E-state index in [1.807, 2.05) is 0 Å². The van der Waals surface area contributed by atoms with E-state index in [9.17, 15) is 18.0 Å². The highest BCUT2D eigenvalue weighted by molar-refractivity contribution is 7.94. The molecule has 0 bridgehead atoms. The summed E-state index contributed by atoms with van der Waals surface area (Å²) < 4.78 is 25.5. The molecule has 0 spiro atoms. The van der Waals surface area contributed by atoms with Crippen LogP contribution in [-0.2, 0) is 14.8 Å². The molecule has 2 amide bonds. The molecule has 1 saturated heterocycles. The van der Waals surface area contributed by atoms with Crippen LogP contribution < -0.4 is 9.62 Å². The van der Waals surface area contributed by atoms with E-state index in [1.54, 1.807) is 19.9 Å². The van der Waals surface area contributed by atoms with Gasteiger partial charge in [0.1, 0.15) is 0 Å². The molecule has 2 heterocycles. The lowest BCUT2D eigenvalue weighted by Gasteiger charge is -2.18. The van der Waals surface area contributed by atoms with E-state index < -0.39 is 27.3 Å². The Labute approximate surface area is 155 Å². The largest absolute Gasteiger partial charge is 0.290 e. The third kappa shape index (κ3) is 3.27. The van der Waals surface area contributed by atoms with Crippen molar-refractivity contribution >= 4 is 45.1 Å². The first kappa shape index (κ1) is 18.3. The lowest BCUT2D eigenvalue weighted by atomic mass is 9.95. The maximum absolute atomic E-state index is 12.5. The molecule has 1 fully saturated rings. The summed E-state index contributed by atoms with van der Waals surface area (Å²) in [6.07, 6.45) is 2.91. The molecule has 3 rings (SSSR count). The summed E-state index contributed by atoms with van der Waals surface area (Å²) in [5, 5.41) is 2.57. The molecular formula is C16H15ClN4O4S. The summed E-state index contributed by atoms with van der Waals surface area (Å²) >= 11 is 6.07. The highest BCUT2D eigenvalue weighted by Gasteiger charge is 2.50. The van der Waals surface area contributed by atoms with Gasteiger partial charge >= 0.3 is 0 Å². The normalized spacial score (nSPS) is 18.0. The Hall–Kier alpha value is -2.52. The van der Waals surface area contributed by atoms with Crippen LogP contribution in [0.5, 0.6) is 0 Å². The zero-order valence-electron chi connectivity index (χ0n) is 13.9. The van der Waals surface area contributed by atoms with Crippen LogP contribution in [0.25, 0.3) is 0 Å². The van der Waals surface area contributed by atoms with Crippen LogP contribution in [0.15, 0.2) is 36.7 Å². The average molecular weight is 395 g/mol. The van der Waals surface area contributed by atoms with Gasteiger partial charge in [-0.05, 0) is 38.1 Å². The summed E-state index contributed by atoms with van der Waals surface area (Å²) in [6, 6.07) is 5.60. The first-order valence-corrected chi connectivity index (χ1v) is 9.56. The first-order chi connectivity index (χ1) is 12.1. The summed E-state index contributed by atoms with van der Waals surface area (Å²) in [4.78, 5) is 32.7. The van der Waals surface area contributed by atoms with Crippen molar-refractivity contribution in [2.24, 2.45) is 5.41 Å². The zero-order valence-corrected chi connectivity index (χ0v) is 15.5. The summed E-state index contributed by atoms with van der Waals surface area (Å²) in [5.41, 5.74) is -0.980. The van der Waals surface area contributed by atoms with Crippen LogP contribution in [0.4, 0.5) is 11.6 Å². The van der Waals surface area contributed by atoms with Crippen molar-refractivity contribution in [3.05, 3.63) is 47.2 Å². The molecular weight excluding hydrogens is 380 g/mol. The second kappa shape index (κ2) is 6.33. The van der Waals surface area contributed by atoms with E-state index in [1.165, 1.54) is 30.6 Å². The number of rotatable bonds is 3. The Balaban J connectivity index is 1.98. The van der Waals surface area contributed by atoms with Gasteiger partial charge in [0.05, 0.1) is 27.4 Å². The molecule has 0 radical (unpaired) electrons. The topological polar surface area (TPSA) is 109 Å². The maximum Gasteiger partial charge on any atom is 0.259 e. The average Bonchev–Trinajstić information content (AvgIpc) is 2.72. The maximum atomic E-state index is 12.5. The third-order valence-corrected chi connectivity index (χ3v) is 6.15. The number of carbonyl (C=O) groups is 2. The zero-order chi connectivity index (χ0) is 19.1. The molecule has 8 nitrogen and oxygen atoms in total. The number of carbonyl (C=O) groups excluding carboxylic acids is 2. The van der Waals surface area contributed by atoms with Gasteiger partial charge in [-0.3, -0.25) is 14.9 Å². The molecule has 2 aromatic rings. The second-order valence-electron chi connectivity index (χ2n) is 6.40. The minimum Gasteiger partial charge on any atom is -0.290 e. The number of hydrogen-bond donors (Lipinski definition) is 1. The molecule has 26 heavy (non-hydrogen) atoms. The summed E-state index contributed by atoms with van der Waals surface area (Å²) in [7, 11) is -3.83. The van der Waals surface area contributed by atoms with Crippen molar-refractivity contribution in [1.82, 2.24) is 9.97 Å². The number of anilines is 2. The van der Waals surface area contributed by atoms with Gasteiger partial charge in [0.15, 0.2) is 0 Å². The van der Waals surface area contributed by atoms with E-state index >= 15 is 0 Å². The van der Waals surface area contributed by atoms with E-state index in [0.717, 1.165) is 4.31 Å². The minimum atomic E-state index is -3.83. The fourth-order valence-electron chi connectivity index (χ4n) is 2.61. The fourth-order valence-corrected chi connectivity index (χ4v) is 4.91. The van der Waals surface area contributed by atoms with Crippen LogP contribution in [0.3, 0.4) is 0 Å². The Bertz CT molecular complexity index is 993. The molecule has 10 heteroatoms. The Morgan fingerprint density at radius 2 is 1.92 bits per heavy atom. The van der Waals surface area contributed by atoms with Gasteiger partial charge in [-0.25, -0.2) is 22.7 Å². The van der Waals surface area contributed by atoms with Crippen molar-refractivity contribution in [2.75, 3.05) is 15.4 Å². The van der Waals surface area contributed by atoms with Gasteiger partial charge in [0.2, 0.25) is 21.9 Å². The van der Waals surface area contributed by atoms with Gasteiger partial charge in [-0.15, -0.1) is 0 Å². The molecule has 1 aliphatic heterocycles. The van der Waals surface area contributed by atoms with Crippen LogP contribution in [0, 0.1) is 5.41 Å². The van der Waals surface area contributed by atoms with Crippen molar-refractivity contribution < 1.29 is 18.0 Å². The van der Waals surface area contributed by atoms with E-state index in [0.29, 0.717) is 0 Å². The lowest BCUT2D eigenvalue weighted by Crippen LogP contribution is -2.33. The molecule has 0 unspecified atom stereocenters. The smallest absolute Gasteiger partial charge is 0.259 e. The Kier molecular flexibility index (Phi) is 4.45.